The number of rotatable bonds is 5. The number of halogens is 1. The van der Waals surface area contributed by atoms with E-state index in [1.54, 1.807) is 0 Å². The minimum absolute atomic E-state index is 0.0722. The van der Waals surface area contributed by atoms with E-state index < -0.39 is 0 Å². The van der Waals surface area contributed by atoms with Gasteiger partial charge >= 0.3 is 0 Å². The summed E-state index contributed by atoms with van der Waals surface area (Å²) in [6.45, 7) is 2.43. The molecule has 0 unspecified atom stereocenters. The van der Waals surface area contributed by atoms with Crippen LogP contribution >= 0.6 is 22.6 Å². The van der Waals surface area contributed by atoms with Crippen molar-refractivity contribution >= 4 is 34.2 Å². The van der Waals surface area contributed by atoms with Crippen molar-refractivity contribution < 1.29 is 4.79 Å². The standard InChI is InChI=1S/C13H17IN2O/c1-9(10-2-3-10)16-13(17)8-15-12-6-4-11(14)5-7-12/h4-7,9-10,15H,2-3,8H2,1H3,(H,16,17)/t9-/m1/s1. The first kappa shape index (κ1) is 12.7. The van der Waals surface area contributed by atoms with Gasteiger partial charge in [0, 0.05) is 15.3 Å². The molecule has 2 N–H and O–H groups in total. The van der Waals surface area contributed by atoms with Crippen LogP contribution in [-0.4, -0.2) is 18.5 Å². The molecule has 3 nitrogen and oxygen atoms in total. The molecule has 1 amide bonds. The molecule has 2 rings (SSSR count). The molecule has 1 aliphatic carbocycles. The highest BCUT2D eigenvalue weighted by Crippen LogP contribution is 2.32. The number of amides is 1. The predicted molar refractivity (Wildman–Crippen MR) is 78.0 cm³/mol. The number of benzene rings is 1. The van der Waals surface area contributed by atoms with Gasteiger partial charge in [-0.1, -0.05) is 0 Å². The van der Waals surface area contributed by atoms with Crippen LogP contribution in [0.2, 0.25) is 0 Å². The van der Waals surface area contributed by atoms with Crippen molar-refractivity contribution in [3.8, 4) is 0 Å². The molecule has 0 heterocycles. The molecule has 0 spiro atoms. The van der Waals surface area contributed by atoms with Gasteiger partial charge in [-0.05, 0) is 72.5 Å². The van der Waals surface area contributed by atoms with Gasteiger partial charge < -0.3 is 10.6 Å². The van der Waals surface area contributed by atoms with E-state index >= 15 is 0 Å². The Morgan fingerprint density at radius 1 is 1.41 bits per heavy atom. The molecular weight excluding hydrogens is 327 g/mol. The Labute approximate surface area is 116 Å². The Bertz CT molecular complexity index is 387. The van der Waals surface area contributed by atoms with E-state index in [0.29, 0.717) is 18.5 Å². The monoisotopic (exact) mass is 344 g/mol. The van der Waals surface area contributed by atoms with Gasteiger partial charge in [-0.3, -0.25) is 4.79 Å². The molecular formula is C13H17IN2O. The Hall–Kier alpha value is -0.780. The first-order valence-electron chi connectivity index (χ1n) is 5.94. The van der Waals surface area contributed by atoms with E-state index in [2.05, 4.69) is 40.1 Å². The average Bonchev–Trinajstić information content (AvgIpc) is 3.12. The molecule has 4 heteroatoms. The Morgan fingerprint density at radius 2 is 2.06 bits per heavy atom. The zero-order valence-electron chi connectivity index (χ0n) is 9.87. The van der Waals surface area contributed by atoms with E-state index in [-0.39, 0.29) is 5.91 Å². The number of anilines is 1. The molecule has 1 saturated carbocycles. The summed E-state index contributed by atoms with van der Waals surface area (Å²) in [5, 5.41) is 6.14. The smallest absolute Gasteiger partial charge is 0.239 e. The number of hydrogen-bond donors (Lipinski definition) is 2. The van der Waals surface area contributed by atoms with Gasteiger partial charge in [0.05, 0.1) is 6.54 Å². The molecule has 0 bridgehead atoms. The fourth-order valence-electron chi connectivity index (χ4n) is 1.77. The van der Waals surface area contributed by atoms with Crippen LogP contribution in [0.4, 0.5) is 5.69 Å². The van der Waals surface area contributed by atoms with Crippen molar-refractivity contribution in [2.75, 3.05) is 11.9 Å². The topological polar surface area (TPSA) is 41.1 Å². The minimum Gasteiger partial charge on any atom is -0.376 e. The highest BCUT2D eigenvalue weighted by atomic mass is 127. The normalized spacial score (nSPS) is 16.4. The SMILES string of the molecule is C[C@@H](NC(=O)CNc1ccc(I)cc1)C1CC1. The third kappa shape index (κ3) is 4.18. The van der Waals surface area contributed by atoms with E-state index in [1.807, 2.05) is 24.3 Å². The van der Waals surface area contributed by atoms with Gasteiger partial charge in [-0.25, -0.2) is 0 Å². The molecule has 1 aromatic rings. The number of carbonyl (C=O) groups is 1. The van der Waals surface area contributed by atoms with Gasteiger partial charge in [0.25, 0.3) is 0 Å². The molecule has 0 aliphatic heterocycles. The molecule has 0 saturated heterocycles. The number of nitrogens with one attached hydrogen (secondary N) is 2. The average molecular weight is 344 g/mol. The second kappa shape index (κ2) is 5.71. The Morgan fingerprint density at radius 3 is 2.65 bits per heavy atom. The summed E-state index contributed by atoms with van der Waals surface area (Å²) in [6, 6.07) is 8.33. The molecule has 1 aromatic carbocycles. The molecule has 1 fully saturated rings. The van der Waals surface area contributed by atoms with Crippen LogP contribution in [-0.2, 0) is 4.79 Å². The van der Waals surface area contributed by atoms with Crippen molar-refractivity contribution in [1.29, 1.82) is 0 Å². The van der Waals surface area contributed by atoms with Crippen LogP contribution in [0, 0.1) is 9.49 Å². The summed E-state index contributed by atoms with van der Waals surface area (Å²) in [5.41, 5.74) is 0.986. The lowest BCUT2D eigenvalue weighted by Crippen LogP contribution is -2.37. The van der Waals surface area contributed by atoms with Gasteiger partial charge in [0.2, 0.25) is 5.91 Å². The molecule has 1 atom stereocenters. The first-order valence-corrected chi connectivity index (χ1v) is 7.02. The number of hydrogen-bond acceptors (Lipinski definition) is 2. The van der Waals surface area contributed by atoms with E-state index in [0.717, 1.165) is 5.69 Å². The summed E-state index contributed by atoms with van der Waals surface area (Å²) >= 11 is 2.26. The van der Waals surface area contributed by atoms with Gasteiger partial charge in [-0.2, -0.15) is 0 Å². The van der Waals surface area contributed by atoms with Crippen molar-refractivity contribution in [3.05, 3.63) is 27.8 Å². The summed E-state index contributed by atoms with van der Waals surface area (Å²) in [5.74, 6) is 0.778. The molecule has 1 aliphatic rings. The third-order valence-corrected chi connectivity index (χ3v) is 3.73. The predicted octanol–water partition coefficient (Wildman–Crippen LogP) is 2.62. The van der Waals surface area contributed by atoms with Crippen molar-refractivity contribution in [1.82, 2.24) is 5.32 Å². The van der Waals surface area contributed by atoms with E-state index in [4.69, 9.17) is 0 Å². The lowest BCUT2D eigenvalue weighted by atomic mass is 10.2. The summed E-state index contributed by atoms with van der Waals surface area (Å²) in [6.07, 6.45) is 2.51. The number of carbonyl (C=O) groups excluding carboxylic acids is 1. The minimum atomic E-state index is 0.0722. The van der Waals surface area contributed by atoms with Crippen molar-refractivity contribution in [2.45, 2.75) is 25.8 Å². The lowest BCUT2D eigenvalue weighted by molar-refractivity contribution is -0.120. The van der Waals surface area contributed by atoms with E-state index in [1.165, 1.54) is 16.4 Å². The molecule has 92 valence electrons. The van der Waals surface area contributed by atoms with Gasteiger partial charge in [-0.15, -0.1) is 0 Å². The molecule has 0 aromatic heterocycles. The second-order valence-electron chi connectivity index (χ2n) is 4.55. The molecule has 17 heavy (non-hydrogen) atoms. The van der Waals surface area contributed by atoms with Crippen LogP contribution < -0.4 is 10.6 Å². The summed E-state index contributed by atoms with van der Waals surface area (Å²) in [7, 11) is 0. The highest BCUT2D eigenvalue weighted by molar-refractivity contribution is 14.1. The quantitative estimate of drug-likeness (QED) is 0.807. The first-order chi connectivity index (χ1) is 8.15. The summed E-state index contributed by atoms with van der Waals surface area (Å²) < 4.78 is 1.19. The maximum atomic E-state index is 11.7. The van der Waals surface area contributed by atoms with E-state index in [9.17, 15) is 4.79 Å². The largest absolute Gasteiger partial charge is 0.376 e. The second-order valence-corrected chi connectivity index (χ2v) is 5.80. The lowest BCUT2D eigenvalue weighted by Gasteiger charge is -2.13. The van der Waals surface area contributed by atoms with Crippen LogP contribution in [0.25, 0.3) is 0 Å². The zero-order chi connectivity index (χ0) is 12.3. The summed E-state index contributed by atoms with van der Waals surface area (Å²) in [4.78, 5) is 11.7. The van der Waals surface area contributed by atoms with Crippen LogP contribution in [0.15, 0.2) is 24.3 Å². The van der Waals surface area contributed by atoms with Crippen LogP contribution in [0.1, 0.15) is 19.8 Å². The Kier molecular flexibility index (Phi) is 4.25. The van der Waals surface area contributed by atoms with Crippen LogP contribution in [0.3, 0.4) is 0 Å². The fraction of sp³-hybridized carbons (Fsp3) is 0.462. The third-order valence-electron chi connectivity index (χ3n) is 3.02. The fourth-order valence-corrected chi connectivity index (χ4v) is 2.13. The van der Waals surface area contributed by atoms with Crippen molar-refractivity contribution in [2.24, 2.45) is 5.92 Å². The zero-order valence-corrected chi connectivity index (χ0v) is 12.0. The van der Waals surface area contributed by atoms with Crippen molar-refractivity contribution in [3.63, 3.8) is 0 Å². The maximum absolute atomic E-state index is 11.7. The Balaban J connectivity index is 1.73. The molecule has 0 radical (unpaired) electrons. The van der Waals surface area contributed by atoms with Gasteiger partial charge in [0.1, 0.15) is 0 Å². The highest BCUT2D eigenvalue weighted by Gasteiger charge is 2.28. The maximum Gasteiger partial charge on any atom is 0.239 e. The van der Waals surface area contributed by atoms with Gasteiger partial charge in [0.15, 0.2) is 0 Å². The van der Waals surface area contributed by atoms with Crippen LogP contribution in [0.5, 0.6) is 0 Å².